The van der Waals surface area contributed by atoms with Gasteiger partial charge < -0.3 is 15.5 Å². The predicted molar refractivity (Wildman–Crippen MR) is 113 cm³/mol. The van der Waals surface area contributed by atoms with E-state index in [0.717, 1.165) is 29.4 Å². The van der Waals surface area contributed by atoms with E-state index in [1.165, 1.54) is 19.3 Å². The summed E-state index contributed by atoms with van der Waals surface area (Å²) in [6, 6.07) is 2.01. The number of anilines is 1. The molecule has 2 atom stereocenters. The first-order chi connectivity index (χ1) is 11.1. The summed E-state index contributed by atoms with van der Waals surface area (Å²) in [5.41, 5.74) is 1.06. The highest BCUT2D eigenvalue weighted by Gasteiger charge is 2.38. The summed E-state index contributed by atoms with van der Waals surface area (Å²) in [7, 11) is 5.87. The molecule has 3 rings (SSSR count). The number of guanidine groups is 1. The first kappa shape index (κ1) is 19.7. The molecule has 1 aromatic heterocycles. The Balaban J connectivity index is 0.00000208. The van der Waals surface area contributed by atoms with Crippen molar-refractivity contribution in [1.82, 2.24) is 20.5 Å². The van der Waals surface area contributed by atoms with Crippen LogP contribution in [0.2, 0.25) is 0 Å². The van der Waals surface area contributed by atoms with Gasteiger partial charge in [-0.15, -0.1) is 35.3 Å². The first-order valence-electron chi connectivity index (χ1n) is 8.41. The fraction of sp³-hybridized carbons (Fsp3) is 0.750. The lowest BCUT2D eigenvalue weighted by molar-refractivity contribution is 0.256. The maximum absolute atomic E-state index is 4.59. The van der Waals surface area contributed by atoms with Gasteiger partial charge in [-0.3, -0.25) is 9.89 Å². The number of aliphatic imine (C=N–C) groups is 1. The van der Waals surface area contributed by atoms with Crippen LogP contribution in [0.5, 0.6) is 0 Å². The molecule has 0 aromatic carbocycles. The number of halogens is 1. The Hall–Kier alpha value is -0.610. The van der Waals surface area contributed by atoms with E-state index in [2.05, 4.69) is 37.8 Å². The fourth-order valence-corrected chi connectivity index (χ4v) is 3.98. The number of nitrogens with zero attached hydrogens (tertiary/aromatic N) is 4. The molecule has 8 heteroatoms. The summed E-state index contributed by atoms with van der Waals surface area (Å²) in [5.74, 6) is 0.874. The van der Waals surface area contributed by atoms with Crippen LogP contribution in [0.4, 0.5) is 5.13 Å². The van der Waals surface area contributed by atoms with Crippen LogP contribution < -0.4 is 15.5 Å². The van der Waals surface area contributed by atoms with Crippen LogP contribution in [-0.4, -0.2) is 61.7 Å². The minimum Gasteiger partial charge on any atom is -0.354 e. The highest BCUT2D eigenvalue weighted by Crippen LogP contribution is 2.33. The third-order valence-electron chi connectivity index (χ3n) is 4.56. The second kappa shape index (κ2) is 8.66. The highest BCUT2D eigenvalue weighted by atomic mass is 127. The maximum Gasteiger partial charge on any atom is 0.191 e. The molecule has 1 saturated carbocycles. The smallest absolute Gasteiger partial charge is 0.191 e. The molecule has 136 valence electrons. The lowest BCUT2D eigenvalue weighted by Crippen LogP contribution is -2.44. The zero-order chi connectivity index (χ0) is 16.4. The van der Waals surface area contributed by atoms with Gasteiger partial charge in [-0.1, -0.05) is 0 Å². The van der Waals surface area contributed by atoms with Crippen LogP contribution in [-0.2, 0) is 6.54 Å². The van der Waals surface area contributed by atoms with Crippen molar-refractivity contribution >= 4 is 46.4 Å². The van der Waals surface area contributed by atoms with E-state index < -0.39 is 0 Å². The van der Waals surface area contributed by atoms with Gasteiger partial charge in [-0.05, 0) is 26.2 Å². The number of nitrogens with one attached hydrogen (secondary N) is 2. The number of aromatic nitrogens is 1. The van der Waals surface area contributed by atoms with Gasteiger partial charge in [-0.2, -0.15) is 0 Å². The van der Waals surface area contributed by atoms with Gasteiger partial charge >= 0.3 is 0 Å². The van der Waals surface area contributed by atoms with Crippen LogP contribution in [0.15, 0.2) is 10.4 Å². The molecule has 1 aliphatic carbocycles. The lowest BCUT2D eigenvalue weighted by Gasteiger charge is -2.20. The molecule has 0 amide bonds. The van der Waals surface area contributed by atoms with Crippen molar-refractivity contribution in [3.63, 3.8) is 0 Å². The molecule has 6 nitrogen and oxygen atoms in total. The second-order valence-electron chi connectivity index (χ2n) is 6.80. The molecular weight excluding hydrogens is 435 g/mol. The van der Waals surface area contributed by atoms with Gasteiger partial charge in [0.1, 0.15) is 0 Å². The van der Waals surface area contributed by atoms with Gasteiger partial charge in [0.2, 0.25) is 0 Å². The number of hydrogen-bond acceptors (Lipinski definition) is 5. The zero-order valence-electron chi connectivity index (χ0n) is 15.0. The third kappa shape index (κ3) is 4.95. The van der Waals surface area contributed by atoms with Gasteiger partial charge in [0.05, 0.1) is 12.2 Å². The average molecular weight is 464 g/mol. The number of rotatable bonds is 5. The van der Waals surface area contributed by atoms with Gasteiger partial charge in [0, 0.05) is 51.2 Å². The average Bonchev–Trinajstić information content (AvgIpc) is 3.13. The van der Waals surface area contributed by atoms with Crippen LogP contribution >= 0.6 is 35.3 Å². The minimum absolute atomic E-state index is 0. The third-order valence-corrected chi connectivity index (χ3v) is 5.62. The van der Waals surface area contributed by atoms with E-state index >= 15 is 0 Å². The summed E-state index contributed by atoms with van der Waals surface area (Å²) in [6.45, 7) is 4.18. The van der Waals surface area contributed by atoms with Crippen molar-refractivity contribution in [2.75, 3.05) is 32.6 Å². The largest absolute Gasteiger partial charge is 0.354 e. The van der Waals surface area contributed by atoms with Crippen LogP contribution in [0.1, 0.15) is 31.9 Å². The Bertz CT molecular complexity index is 557. The van der Waals surface area contributed by atoms with E-state index in [-0.39, 0.29) is 24.0 Å². The number of likely N-dealkylation sites (tertiary alicyclic amines) is 1. The van der Waals surface area contributed by atoms with Gasteiger partial charge in [0.25, 0.3) is 0 Å². The molecule has 2 aliphatic rings. The predicted octanol–water partition coefficient (Wildman–Crippen LogP) is 2.12. The fourth-order valence-electron chi connectivity index (χ4n) is 3.22. The van der Waals surface area contributed by atoms with Crippen molar-refractivity contribution in [3.8, 4) is 0 Å². The summed E-state index contributed by atoms with van der Waals surface area (Å²) in [4.78, 5) is 13.6. The van der Waals surface area contributed by atoms with E-state index in [0.29, 0.717) is 18.6 Å². The van der Waals surface area contributed by atoms with Crippen molar-refractivity contribution in [3.05, 3.63) is 11.1 Å². The topological polar surface area (TPSA) is 55.8 Å². The van der Waals surface area contributed by atoms with Crippen molar-refractivity contribution in [2.45, 2.75) is 50.9 Å². The summed E-state index contributed by atoms with van der Waals surface area (Å²) >= 11 is 1.67. The van der Waals surface area contributed by atoms with Crippen molar-refractivity contribution < 1.29 is 0 Å². The minimum atomic E-state index is 0. The van der Waals surface area contributed by atoms with Crippen molar-refractivity contribution in [1.29, 1.82) is 0 Å². The molecule has 0 spiro atoms. The highest BCUT2D eigenvalue weighted by molar-refractivity contribution is 14.0. The number of hydrogen-bond donors (Lipinski definition) is 2. The molecule has 0 bridgehead atoms. The Morgan fingerprint density at radius 1 is 1.46 bits per heavy atom. The molecular formula is C16H29IN6S. The summed E-state index contributed by atoms with van der Waals surface area (Å²) in [5, 5.41) is 10.1. The first-order valence-corrected chi connectivity index (χ1v) is 9.29. The zero-order valence-corrected chi connectivity index (χ0v) is 18.1. The summed E-state index contributed by atoms with van der Waals surface area (Å²) in [6.07, 6.45) is 3.95. The van der Waals surface area contributed by atoms with E-state index in [4.69, 9.17) is 0 Å². The second-order valence-corrected chi connectivity index (χ2v) is 7.63. The Kier molecular flexibility index (Phi) is 7.11. The van der Waals surface area contributed by atoms with Crippen molar-refractivity contribution in [2.24, 2.45) is 4.99 Å². The maximum atomic E-state index is 4.59. The standard InChI is InChI=1S/C16H28N6S.HI/c1-11-7-12(9-22(11)14-5-6-14)19-15(17-2)18-8-13-10-23-16(20-13)21(3)4;/h10-12,14H,5-9H2,1-4H3,(H2,17,18,19);1H. The molecule has 2 N–H and O–H groups in total. The SMILES string of the molecule is CN=C(NCc1csc(N(C)C)n1)NC1CC(C)N(C2CC2)C1.I. The lowest BCUT2D eigenvalue weighted by atomic mass is 10.2. The van der Waals surface area contributed by atoms with Crippen LogP contribution in [0.25, 0.3) is 0 Å². The Morgan fingerprint density at radius 3 is 2.79 bits per heavy atom. The molecule has 1 saturated heterocycles. The molecule has 24 heavy (non-hydrogen) atoms. The molecule has 2 fully saturated rings. The number of thiazole rings is 1. The normalized spacial score (nSPS) is 24.6. The van der Waals surface area contributed by atoms with Gasteiger partial charge in [0.15, 0.2) is 11.1 Å². The van der Waals surface area contributed by atoms with E-state index in [1.54, 1.807) is 11.3 Å². The Morgan fingerprint density at radius 2 is 2.21 bits per heavy atom. The van der Waals surface area contributed by atoms with E-state index in [1.807, 2.05) is 26.0 Å². The van der Waals surface area contributed by atoms with Gasteiger partial charge in [-0.25, -0.2) is 4.98 Å². The summed E-state index contributed by atoms with van der Waals surface area (Å²) < 4.78 is 0. The molecule has 2 unspecified atom stereocenters. The molecule has 1 aromatic rings. The monoisotopic (exact) mass is 464 g/mol. The quantitative estimate of drug-likeness (QED) is 0.397. The molecule has 0 radical (unpaired) electrons. The Labute approximate surface area is 166 Å². The molecule has 1 aliphatic heterocycles. The van der Waals surface area contributed by atoms with E-state index in [9.17, 15) is 0 Å². The van der Waals surface area contributed by atoms with Crippen LogP contribution in [0, 0.1) is 0 Å². The van der Waals surface area contributed by atoms with Crippen LogP contribution in [0.3, 0.4) is 0 Å². The molecule has 2 heterocycles.